The molecule has 21 heavy (non-hydrogen) atoms. The maximum absolute atomic E-state index is 12.8. The predicted octanol–water partition coefficient (Wildman–Crippen LogP) is 2.09. The molecule has 2 rings (SSSR count). The van der Waals surface area contributed by atoms with Crippen LogP contribution in [0.3, 0.4) is 0 Å². The maximum atomic E-state index is 12.8. The van der Waals surface area contributed by atoms with Crippen molar-refractivity contribution in [2.75, 3.05) is 18.4 Å². The topological polar surface area (TPSA) is 69.6 Å². The molecule has 5 nitrogen and oxygen atoms in total. The van der Waals surface area contributed by atoms with E-state index in [0.29, 0.717) is 5.69 Å². The number of amides is 1. The molecule has 0 aliphatic carbocycles. The molecule has 1 heterocycles. The molecule has 0 radical (unpaired) electrons. The third kappa shape index (κ3) is 4.82. The number of aliphatic carboxylic acids is 1. The van der Waals surface area contributed by atoms with Crippen LogP contribution in [0.2, 0.25) is 0 Å². The quantitative estimate of drug-likeness (QED) is 0.872. The van der Waals surface area contributed by atoms with Gasteiger partial charge >= 0.3 is 5.97 Å². The summed E-state index contributed by atoms with van der Waals surface area (Å²) in [5.41, 5.74) is 0.535. The highest BCUT2D eigenvalue weighted by Gasteiger charge is 2.26. The van der Waals surface area contributed by atoms with Crippen molar-refractivity contribution in [3.05, 3.63) is 30.1 Å². The highest BCUT2D eigenvalue weighted by Crippen LogP contribution is 2.19. The van der Waals surface area contributed by atoms with E-state index < -0.39 is 5.97 Å². The summed E-state index contributed by atoms with van der Waals surface area (Å²) in [6, 6.07) is 5.47. The molecule has 1 aliphatic heterocycles. The van der Waals surface area contributed by atoms with Crippen LogP contribution in [-0.2, 0) is 9.59 Å². The number of benzene rings is 1. The van der Waals surface area contributed by atoms with E-state index in [2.05, 4.69) is 5.32 Å². The Morgan fingerprint density at radius 1 is 1.29 bits per heavy atom. The summed E-state index contributed by atoms with van der Waals surface area (Å²) >= 11 is 0. The minimum atomic E-state index is -0.842. The standard InChI is InChI=1S/C15H19FN2O3/c16-11-4-6-12(7-5-11)17-14(19)10-18-8-2-1-3-13(18)9-15(20)21/h4-7,13H,1-3,8-10H2,(H,17,19)(H,20,21). The molecule has 0 spiro atoms. The second-order valence-corrected chi connectivity index (χ2v) is 5.27. The SMILES string of the molecule is O=C(O)CC1CCCCN1CC(=O)Nc1ccc(F)cc1. The van der Waals surface area contributed by atoms with E-state index >= 15 is 0 Å². The second-order valence-electron chi connectivity index (χ2n) is 5.27. The summed E-state index contributed by atoms with van der Waals surface area (Å²) in [6.45, 7) is 0.893. The van der Waals surface area contributed by atoms with Crippen molar-refractivity contribution in [1.29, 1.82) is 0 Å². The zero-order chi connectivity index (χ0) is 15.2. The van der Waals surface area contributed by atoms with E-state index in [1.807, 2.05) is 4.90 Å². The van der Waals surface area contributed by atoms with Crippen LogP contribution in [0.4, 0.5) is 10.1 Å². The van der Waals surface area contributed by atoms with Crippen LogP contribution in [-0.4, -0.2) is 41.0 Å². The second kappa shape index (κ2) is 7.17. The molecule has 1 unspecified atom stereocenters. The molecule has 1 saturated heterocycles. The molecule has 1 fully saturated rings. The lowest BCUT2D eigenvalue weighted by atomic mass is 9.99. The summed E-state index contributed by atoms with van der Waals surface area (Å²) in [7, 11) is 0. The first-order valence-corrected chi connectivity index (χ1v) is 7.06. The van der Waals surface area contributed by atoms with E-state index in [0.717, 1.165) is 25.8 Å². The molecule has 0 aromatic heterocycles. The molecule has 1 amide bonds. The summed E-state index contributed by atoms with van der Waals surface area (Å²) in [4.78, 5) is 24.8. The Labute approximate surface area is 122 Å². The van der Waals surface area contributed by atoms with Crippen LogP contribution in [0.5, 0.6) is 0 Å². The van der Waals surface area contributed by atoms with Gasteiger partial charge in [-0.2, -0.15) is 0 Å². The fourth-order valence-corrected chi connectivity index (χ4v) is 2.62. The first-order valence-electron chi connectivity index (χ1n) is 7.06. The Bertz CT molecular complexity index is 504. The van der Waals surface area contributed by atoms with Crippen LogP contribution in [0.25, 0.3) is 0 Å². The number of carboxylic acids is 1. The summed E-state index contributed by atoms with van der Waals surface area (Å²) in [5.74, 6) is -1.41. The summed E-state index contributed by atoms with van der Waals surface area (Å²) < 4.78 is 12.8. The predicted molar refractivity (Wildman–Crippen MR) is 76.5 cm³/mol. The van der Waals surface area contributed by atoms with Crippen molar-refractivity contribution in [2.24, 2.45) is 0 Å². The molecular formula is C15H19FN2O3. The van der Waals surface area contributed by atoms with Gasteiger partial charge in [-0.3, -0.25) is 14.5 Å². The Kier molecular flexibility index (Phi) is 5.27. The monoisotopic (exact) mass is 294 g/mol. The number of hydrogen-bond acceptors (Lipinski definition) is 3. The molecule has 6 heteroatoms. The van der Waals surface area contributed by atoms with Gasteiger partial charge in [-0.1, -0.05) is 6.42 Å². The smallest absolute Gasteiger partial charge is 0.304 e. The van der Waals surface area contributed by atoms with Gasteiger partial charge in [0.05, 0.1) is 13.0 Å². The van der Waals surface area contributed by atoms with Gasteiger partial charge < -0.3 is 10.4 Å². The van der Waals surface area contributed by atoms with Gasteiger partial charge in [0.2, 0.25) is 5.91 Å². The van der Waals surface area contributed by atoms with Crippen molar-refractivity contribution in [3.8, 4) is 0 Å². The van der Waals surface area contributed by atoms with E-state index in [9.17, 15) is 14.0 Å². The summed E-state index contributed by atoms with van der Waals surface area (Å²) in [5, 5.41) is 11.6. The van der Waals surface area contributed by atoms with E-state index in [1.165, 1.54) is 24.3 Å². The molecule has 114 valence electrons. The zero-order valence-corrected chi connectivity index (χ0v) is 11.7. The molecule has 1 aromatic carbocycles. The number of hydrogen-bond donors (Lipinski definition) is 2. The van der Waals surface area contributed by atoms with Crippen LogP contribution in [0.1, 0.15) is 25.7 Å². The van der Waals surface area contributed by atoms with Gasteiger partial charge in [-0.15, -0.1) is 0 Å². The van der Waals surface area contributed by atoms with E-state index in [-0.39, 0.29) is 30.7 Å². The molecule has 0 saturated carbocycles. The Morgan fingerprint density at radius 3 is 2.67 bits per heavy atom. The number of carbonyl (C=O) groups is 2. The fraction of sp³-hybridized carbons (Fsp3) is 0.467. The molecule has 1 aliphatic rings. The van der Waals surface area contributed by atoms with Gasteiger partial charge in [0, 0.05) is 11.7 Å². The van der Waals surface area contributed by atoms with Gasteiger partial charge in [0.15, 0.2) is 0 Å². The average molecular weight is 294 g/mol. The Balaban J connectivity index is 1.90. The number of anilines is 1. The number of nitrogens with one attached hydrogen (secondary N) is 1. The van der Waals surface area contributed by atoms with Crippen molar-refractivity contribution in [3.63, 3.8) is 0 Å². The van der Waals surface area contributed by atoms with Gasteiger partial charge in [-0.25, -0.2) is 4.39 Å². The minimum Gasteiger partial charge on any atom is -0.481 e. The molecular weight excluding hydrogens is 275 g/mol. The zero-order valence-electron chi connectivity index (χ0n) is 11.7. The van der Waals surface area contributed by atoms with E-state index in [1.54, 1.807) is 0 Å². The number of carbonyl (C=O) groups excluding carboxylic acids is 1. The van der Waals surface area contributed by atoms with Crippen LogP contribution >= 0.6 is 0 Å². The van der Waals surface area contributed by atoms with Crippen molar-refractivity contribution >= 4 is 17.6 Å². The molecule has 0 bridgehead atoms. The molecule has 2 N–H and O–H groups in total. The van der Waals surface area contributed by atoms with Crippen molar-refractivity contribution in [2.45, 2.75) is 31.7 Å². The van der Waals surface area contributed by atoms with Gasteiger partial charge in [-0.05, 0) is 43.7 Å². The molecule has 1 atom stereocenters. The lowest BCUT2D eigenvalue weighted by Crippen LogP contribution is -2.44. The Morgan fingerprint density at radius 2 is 2.00 bits per heavy atom. The third-order valence-corrected chi connectivity index (χ3v) is 3.63. The van der Waals surface area contributed by atoms with Crippen molar-refractivity contribution < 1.29 is 19.1 Å². The molecule has 1 aromatic rings. The van der Waals surface area contributed by atoms with Crippen LogP contribution in [0, 0.1) is 5.82 Å². The lowest BCUT2D eigenvalue weighted by Gasteiger charge is -2.34. The number of carboxylic acid groups (broad SMARTS) is 1. The number of piperidine rings is 1. The number of halogens is 1. The lowest BCUT2D eigenvalue weighted by molar-refractivity contribution is -0.139. The first kappa shape index (κ1) is 15.4. The highest BCUT2D eigenvalue weighted by atomic mass is 19.1. The minimum absolute atomic E-state index is 0.0594. The highest BCUT2D eigenvalue weighted by molar-refractivity contribution is 5.92. The fourth-order valence-electron chi connectivity index (χ4n) is 2.62. The van der Waals surface area contributed by atoms with Gasteiger partial charge in [0.25, 0.3) is 0 Å². The first-order chi connectivity index (χ1) is 10.0. The van der Waals surface area contributed by atoms with Crippen molar-refractivity contribution in [1.82, 2.24) is 4.90 Å². The van der Waals surface area contributed by atoms with E-state index in [4.69, 9.17) is 5.11 Å². The largest absolute Gasteiger partial charge is 0.481 e. The number of likely N-dealkylation sites (tertiary alicyclic amines) is 1. The normalized spacial score (nSPS) is 19.2. The van der Waals surface area contributed by atoms with Gasteiger partial charge in [0.1, 0.15) is 5.82 Å². The number of rotatable bonds is 5. The average Bonchev–Trinajstić information content (AvgIpc) is 2.43. The summed E-state index contributed by atoms with van der Waals surface area (Å²) in [6.07, 6.45) is 2.83. The Hall–Kier alpha value is -1.95. The third-order valence-electron chi connectivity index (χ3n) is 3.63. The van der Waals surface area contributed by atoms with Crippen LogP contribution in [0.15, 0.2) is 24.3 Å². The van der Waals surface area contributed by atoms with Crippen LogP contribution < -0.4 is 5.32 Å². The number of nitrogens with zero attached hydrogens (tertiary/aromatic N) is 1. The maximum Gasteiger partial charge on any atom is 0.304 e.